The number of aliphatic carboxylic acids is 1. The van der Waals surface area contributed by atoms with Gasteiger partial charge in [0.2, 0.25) is 5.91 Å². The lowest BCUT2D eigenvalue weighted by atomic mass is 10.0. The van der Waals surface area contributed by atoms with Crippen LogP contribution in [0.25, 0.3) is 0 Å². The van der Waals surface area contributed by atoms with Crippen molar-refractivity contribution in [2.24, 2.45) is 5.92 Å². The van der Waals surface area contributed by atoms with Gasteiger partial charge in [0.05, 0.1) is 12.0 Å². The molecule has 0 aliphatic heterocycles. The minimum atomic E-state index is -0.930. The first-order valence-electron chi connectivity index (χ1n) is 6.19. The summed E-state index contributed by atoms with van der Waals surface area (Å²) in [6.07, 6.45) is 1.25. The molecular weight excluding hydrogens is 254 g/mol. The number of aliphatic hydroxyl groups is 1. The number of nitrogens with one attached hydrogen (secondary N) is 1. The topological polar surface area (TPSA) is 86.6 Å². The van der Waals surface area contributed by atoms with Crippen LogP contribution in [-0.2, 0) is 9.59 Å². The molecule has 3 N–H and O–H groups in total. The first kappa shape index (κ1) is 19.6. The molecule has 0 bridgehead atoms. The highest BCUT2D eigenvalue weighted by Gasteiger charge is 2.19. The summed E-state index contributed by atoms with van der Waals surface area (Å²) in [6, 6.07) is 0. The molecule has 0 saturated carbocycles. The number of carboxylic acids is 1. The van der Waals surface area contributed by atoms with E-state index in [0.717, 1.165) is 6.42 Å². The summed E-state index contributed by atoms with van der Waals surface area (Å²) >= 11 is 3.92. The predicted molar refractivity (Wildman–Crippen MR) is 74.9 cm³/mol. The molecule has 0 aromatic rings. The van der Waals surface area contributed by atoms with Crippen molar-refractivity contribution in [3.05, 3.63) is 0 Å². The lowest BCUT2D eigenvalue weighted by Gasteiger charge is -2.12. The first-order valence-corrected chi connectivity index (χ1v) is 6.82. The highest BCUT2D eigenvalue weighted by molar-refractivity contribution is 7.80. The van der Waals surface area contributed by atoms with Gasteiger partial charge >= 0.3 is 5.97 Å². The van der Waals surface area contributed by atoms with Gasteiger partial charge in [0, 0.05) is 18.7 Å². The number of rotatable bonds is 7. The van der Waals surface area contributed by atoms with Crippen LogP contribution in [0, 0.1) is 5.92 Å². The molecule has 1 amide bonds. The largest absolute Gasteiger partial charge is 0.481 e. The normalized spacial score (nSPS) is 12.9. The smallest absolute Gasteiger partial charge is 0.308 e. The molecule has 5 nitrogen and oxygen atoms in total. The molecule has 0 heterocycles. The highest BCUT2D eigenvalue weighted by Crippen LogP contribution is 2.08. The maximum absolute atomic E-state index is 10.4. The van der Waals surface area contributed by atoms with Gasteiger partial charge in [-0.1, -0.05) is 20.3 Å². The number of carbonyl (C=O) groups excluding carboxylic acids is 1. The fourth-order valence-electron chi connectivity index (χ4n) is 1.03. The number of carboxylic acid groups (broad SMARTS) is 1. The second kappa shape index (κ2) is 12.7. The summed E-state index contributed by atoms with van der Waals surface area (Å²) in [4.78, 5) is 20.7. The number of aliphatic hydroxyl groups excluding tert-OH is 1. The molecule has 0 fully saturated rings. The molecule has 6 heteroatoms. The van der Waals surface area contributed by atoms with Crippen LogP contribution in [0.5, 0.6) is 0 Å². The van der Waals surface area contributed by atoms with E-state index in [-0.39, 0.29) is 5.91 Å². The van der Waals surface area contributed by atoms with Gasteiger partial charge in [0.15, 0.2) is 0 Å². The van der Waals surface area contributed by atoms with E-state index in [9.17, 15) is 9.59 Å². The molecule has 0 aromatic carbocycles. The van der Waals surface area contributed by atoms with Gasteiger partial charge in [0.25, 0.3) is 0 Å². The summed E-state index contributed by atoms with van der Waals surface area (Å²) in [7, 11) is 0. The van der Waals surface area contributed by atoms with Crippen molar-refractivity contribution in [1.82, 2.24) is 5.32 Å². The van der Waals surface area contributed by atoms with E-state index >= 15 is 0 Å². The third kappa shape index (κ3) is 11.7. The Labute approximate surface area is 114 Å². The predicted octanol–water partition coefficient (Wildman–Crippen LogP) is 1.31. The van der Waals surface area contributed by atoms with Gasteiger partial charge in [-0.15, -0.1) is 0 Å². The average molecular weight is 279 g/mol. The Kier molecular flexibility index (Phi) is 13.8. The van der Waals surface area contributed by atoms with Crippen LogP contribution < -0.4 is 5.32 Å². The van der Waals surface area contributed by atoms with Gasteiger partial charge in [-0.05, 0) is 13.3 Å². The summed E-state index contributed by atoms with van der Waals surface area (Å²) in [5.74, 6) is -0.758. The molecule has 18 heavy (non-hydrogen) atoms. The summed E-state index contributed by atoms with van der Waals surface area (Å²) in [6.45, 7) is 5.93. The minimum Gasteiger partial charge on any atom is -0.481 e. The molecule has 0 radical (unpaired) electrons. The minimum absolute atomic E-state index is 0.0963. The van der Waals surface area contributed by atoms with Crippen molar-refractivity contribution >= 4 is 24.5 Å². The third-order valence-electron chi connectivity index (χ3n) is 2.31. The highest BCUT2D eigenvalue weighted by atomic mass is 32.1. The molecule has 0 saturated heterocycles. The second-order valence-electron chi connectivity index (χ2n) is 3.91. The van der Waals surface area contributed by atoms with Gasteiger partial charge in [-0.25, -0.2) is 0 Å². The summed E-state index contributed by atoms with van der Waals surface area (Å²) in [5, 5.41) is 20.2. The van der Waals surface area contributed by atoms with Gasteiger partial charge < -0.3 is 15.5 Å². The Balaban J connectivity index is 0. The van der Waals surface area contributed by atoms with Gasteiger partial charge in [-0.2, -0.15) is 12.6 Å². The van der Waals surface area contributed by atoms with Crippen molar-refractivity contribution < 1.29 is 19.8 Å². The van der Waals surface area contributed by atoms with Crippen molar-refractivity contribution in [2.45, 2.75) is 46.1 Å². The quantitative estimate of drug-likeness (QED) is 0.529. The molecule has 0 spiro atoms. The fraction of sp³-hybridized carbons (Fsp3) is 0.833. The Hall–Kier alpha value is -0.750. The van der Waals surface area contributed by atoms with Crippen LogP contribution >= 0.6 is 12.6 Å². The standard InChI is InChI=1S/C7H14O3.C5H11NOS/c1-3-4-6(8)5(2)7(9)10;1-2-5(7)6-3-4-8/h5-6,8H,3-4H2,1-2H3,(H,9,10);8H,2-4H2,1H3,(H,6,7)/t5-,6+;/m0./s1. The van der Waals surface area contributed by atoms with E-state index in [0.29, 0.717) is 25.1 Å². The molecule has 0 aliphatic rings. The average Bonchev–Trinajstić information content (AvgIpc) is 2.35. The third-order valence-corrected chi connectivity index (χ3v) is 2.53. The molecular formula is C12H25NO4S. The van der Waals surface area contributed by atoms with Crippen LogP contribution in [0.3, 0.4) is 0 Å². The molecule has 0 aliphatic carbocycles. The molecule has 0 unspecified atom stereocenters. The number of hydrogen-bond acceptors (Lipinski definition) is 4. The number of amides is 1. The van der Waals surface area contributed by atoms with E-state index in [1.165, 1.54) is 6.92 Å². The van der Waals surface area contributed by atoms with Gasteiger partial charge in [-0.3, -0.25) is 9.59 Å². The summed E-state index contributed by atoms with van der Waals surface area (Å²) < 4.78 is 0. The van der Waals surface area contributed by atoms with E-state index in [1.807, 2.05) is 13.8 Å². The maximum Gasteiger partial charge on any atom is 0.308 e. The zero-order valence-corrected chi connectivity index (χ0v) is 12.2. The molecule has 108 valence electrons. The monoisotopic (exact) mass is 279 g/mol. The van der Waals surface area contributed by atoms with Crippen molar-refractivity contribution in [1.29, 1.82) is 0 Å². The zero-order chi connectivity index (χ0) is 14.6. The van der Waals surface area contributed by atoms with E-state index in [2.05, 4.69) is 17.9 Å². The Morgan fingerprint density at radius 3 is 2.22 bits per heavy atom. The maximum atomic E-state index is 10.4. The van der Waals surface area contributed by atoms with Crippen molar-refractivity contribution in [2.75, 3.05) is 12.3 Å². The lowest BCUT2D eigenvalue weighted by molar-refractivity contribution is -0.144. The number of carbonyl (C=O) groups is 2. The van der Waals surface area contributed by atoms with Crippen LogP contribution in [-0.4, -0.2) is 40.5 Å². The SMILES string of the molecule is CCC(=O)NCCS.CCC[C@@H](O)[C@H](C)C(=O)O. The number of thiol groups is 1. The molecule has 0 rings (SSSR count). The van der Waals surface area contributed by atoms with Gasteiger partial charge in [0.1, 0.15) is 0 Å². The lowest BCUT2D eigenvalue weighted by Crippen LogP contribution is -2.24. The van der Waals surface area contributed by atoms with E-state index in [1.54, 1.807) is 0 Å². The van der Waals surface area contributed by atoms with Crippen LogP contribution in [0.2, 0.25) is 0 Å². The Bertz CT molecular complexity index is 236. The number of hydrogen-bond donors (Lipinski definition) is 4. The van der Waals surface area contributed by atoms with Crippen LogP contribution in [0.1, 0.15) is 40.0 Å². The fourth-order valence-corrected chi connectivity index (χ4v) is 1.14. The van der Waals surface area contributed by atoms with E-state index < -0.39 is 18.0 Å². The van der Waals surface area contributed by atoms with E-state index in [4.69, 9.17) is 10.2 Å². The molecule has 0 aromatic heterocycles. The first-order chi connectivity index (χ1) is 8.40. The summed E-state index contributed by atoms with van der Waals surface area (Å²) in [5.41, 5.74) is 0. The molecule has 2 atom stereocenters. The van der Waals surface area contributed by atoms with Crippen LogP contribution in [0.4, 0.5) is 0 Å². The Morgan fingerprint density at radius 1 is 1.33 bits per heavy atom. The zero-order valence-electron chi connectivity index (χ0n) is 11.3. The van der Waals surface area contributed by atoms with Crippen molar-refractivity contribution in [3.63, 3.8) is 0 Å². The second-order valence-corrected chi connectivity index (χ2v) is 4.36. The Morgan fingerprint density at radius 2 is 1.89 bits per heavy atom. The van der Waals surface area contributed by atoms with Crippen molar-refractivity contribution in [3.8, 4) is 0 Å². The van der Waals surface area contributed by atoms with Crippen LogP contribution in [0.15, 0.2) is 0 Å².